The van der Waals surface area contributed by atoms with Crippen molar-refractivity contribution >= 4 is 10.8 Å². The molecule has 0 aliphatic heterocycles. The number of pyridine rings is 1. The average Bonchev–Trinajstić information content (AvgIpc) is 2.58. The Kier molecular flexibility index (Phi) is 3.96. The van der Waals surface area contributed by atoms with Crippen LogP contribution in [-0.2, 0) is 13.0 Å². The minimum Gasteiger partial charge on any atom is -0.497 e. The molecule has 0 radical (unpaired) electrons. The molecule has 0 unspecified atom stereocenters. The third-order valence-electron chi connectivity index (χ3n) is 3.97. The number of benzene rings is 2. The minimum atomic E-state index is 0.0748. The van der Waals surface area contributed by atoms with Crippen molar-refractivity contribution < 1.29 is 4.74 Å². The monoisotopic (exact) mass is 293 g/mol. The number of nitrogens with zero attached hydrogens (tertiary/aromatic N) is 1. The number of aromatic nitrogens is 1. The standard InChI is InChI=1S/C19H19NO2/c1-3-16-12-15-6-4-5-7-18(15)19(21)20(16)13-14-8-10-17(22-2)11-9-14/h4-12H,3,13H2,1-2H3. The molecule has 3 aromatic rings. The van der Waals surface area contributed by atoms with Crippen molar-refractivity contribution in [3.8, 4) is 5.75 Å². The molecule has 0 aliphatic carbocycles. The van der Waals surface area contributed by atoms with E-state index in [1.807, 2.05) is 53.1 Å². The molecule has 0 spiro atoms. The van der Waals surface area contributed by atoms with Gasteiger partial charge in [-0.15, -0.1) is 0 Å². The molecule has 2 aromatic carbocycles. The van der Waals surface area contributed by atoms with Crippen LogP contribution in [0, 0.1) is 0 Å². The molecule has 22 heavy (non-hydrogen) atoms. The van der Waals surface area contributed by atoms with Crippen molar-refractivity contribution in [2.45, 2.75) is 19.9 Å². The third-order valence-corrected chi connectivity index (χ3v) is 3.97. The Balaban J connectivity index is 2.08. The average molecular weight is 293 g/mol. The topological polar surface area (TPSA) is 31.2 Å². The first-order valence-electron chi connectivity index (χ1n) is 7.47. The summed E-state index contributed by atoms with van der Waals surface area (Å²) >= 11 is 0. The van der Waals surface area contributed by atoms with Gasteiger partial charge in [0, 0.05) is 11.1 Å². The van der Waals surface area contributed by atoms with E-state index in [0.717, 1.165) is 34.2 Å². The maximum atomic E-state index is 12.8. The predicted octanol–water partition coefficient (Wildman–Crippen LogP) is 3.62. The zero-order valence-corrected chi connectivity index (χ0v) is 12.9. The van der Waals surface area contributed by atoms with Gasteiger partial charge in [-0.05, 0) is 41.6 Å². The van der Waals surface area contributed by atoms with E-state index in [0.29, 0.717) is 6.54 Å². The van der Waals surface area contributed by atoms with Crippen LogP contribution in [0.15, 0.2) is 59.4 Å². The molecule has 1 heterocycles. The van der Waals surface area contributed by atoms with Gasteiger partial charge < -0.3 is 9.30 Å². The van der Waals surface area contributed by atoms with Gasteiger partial charge in [0.1, 0.15) is 5.75 Å². The molecule has 3 nitrogen and oxygen atoms in total. The van der Waals surface area contributed by atoms with Gasteiger partial charge in [0.2, 0.25) is 0 Å². The van der Waals surface area contributed by atoms with Gasteiger partial charge in [0.05, 0.1) is 13.7 Å². The van der Waals surface area contributed by atoms with Crippen molar-refractivity contribution in [1.82, 2.24) is 4.57 Å². The Labute approximate surface area is 129 Å². The molecule has 3 rings (SSSR count). The summed E-state index contributed by atoms with van der Waals surface area (Å²) in [7, 11) is 1.65. The number of hydrogen-bond acceptors (Lipinski definition) is 2. The summed E-state index contributed by atoms with van der Waals surface area (Å²) in [6.45, 7) is 2.66. The first kappa shape index (κ1) is 14.4. The minimum absolute atomic E-state index is 0.0748. The van der Waals surface area contributed by atoms with Crippen LogP contribution in [0.4, 0.5) is 0 Å². The third kappa shape index (κ3) is 2.62. The quantitative estimate of drug-likeness (QED) is 0.735. The highest BCUT2D eigenvalue weighted by Crippen LogP contribution is 2.16. The SMILES string of the molecule is CCc1cc2ccccc2c(=O)n1Cc1ccc(OC)cc1. The second-order valence-electron chi connectivity index (χ2n) is 5.32. The zero-order chi connectivity index (χ0) is 15.5. The van der Waals surface area contributed by atoms with Crippen LogP contribution >= 0.6 is 0 Å². The summed E-state index contributed by atoms with van der Waals surface area (Å²) in [5.41, 5.74) is 2.22. The number of hydrogen-bond donors (Lipinski definition) is 0. The van der Waals surface area contributed by atoms with Crippen LogP contribution in [0.1, 0.15) is 18.2 Å². The molecule has 1 aromatic heterocycles. The zero-order valence-electron chi connectivity index (χ0n) is 12.9. The fraction of sp³-hybridized carbons (Fsp3) is 0.211. The van der Waals surface area contributed by atoms with Crippen LogP contribution < -0.4 is 10.3 Å². The van der Waals surface area contributed by atoms with Crippen molar-refractivity contribution in [3.63, 3.8) is 0 Å². The lowest BCUT2D eigenvalue weighted by atomic mass is 10.1. The molecule has 0 bridgehead atoms. The van der Waals surface area contributed by atoms with E-state index < -0.39 is 0 Å². The summed E-state index contributed by atoms with van der Waals surface area (Å²) in [6.07, 6.45) is 0.830. The Morgan fingerprint density at radius 1 is 1.05 bits per heavy atom. The van der Waals surface area contributed by atoms with Crippen LogP contribution in [0.3, 0.4) is 0 Å². The highest BCUT2D eigenvalue weighted by Gasteiger charge is 2.08. The molecule has 0 saturated heterocycles. The molecule has 112 valence electrons. The number of rotatable bonds is 4. The fourth-order valence-corrected chi connectivity index (χ4v) is 2.73. The van der Waals surface area contributed by atoms with Crippen molar-refractivity contribution in [1.29, 1.82) is 0 Å². The predicted molar refractivity (Wildman–Crippen MR) is 89.7 cm³/mol. The van der Waals surface area contributed by atoms with Crippen molar-refractivity contribution in [2.24, 2.45) is 0 Å². The second kappa shape index (κ2) is 6.06. The lowest BCUT2D eigenvalue weighted by Gasteiger charge is -2.14. The lowest BCUT2D eigenvalue weighted by molar-refractivity contribution is 0.414. The van der Waals surface area contributed by atoms with E-state index >= 15 is 0 Å². The first-order valence-corrected chi connectivity index (χ1v) is 7.47. The van der Waals surface area contributed by atoms with Gasteiger partial charge in [0.15, 0.2) is 0 Å². The molecule has 0 amide bonds. The van der Waals surface area contributed by atoms with Gasteiger partial charge in [-0.3, -0.25) is 4.79 Å². The van der Waals surface area contributed by atoms with E-state index in [9.17, 15) is 4.79 Å². The van der Waals surface area contributed by atoms with Crippen LogP contribution in [0.2, 0.25) is 0 Å². The molecule has 0 atom stereocenters. The van der Waals surface area contributed by atoms with Crippen LogP contribution in [0.25, 0.3) is 10.8 Å². The maximum absolute atomic E-state index is 12.8. The first-order chi connectivity index (χ1) is 10.7. The lowest BCUT2D eigenvalue weighted by Crippen LogP contribution is -2.24. The second-order valence-corrected chi connectivity index (χ2v) is 5.32. The van der Waals surface area contributed by atoms with Crippen LogP contribution in [-0.4, -0.2) is 11.7 Å². The number of fused-ring (bicyclic) bond motifs is 1. The highest BCUT2D eigenvalue weighted by molar-refractivity contribution is 5.81. The Morgan fingerprint density at radius 3 is 2.45 bits per heavy atom. The summed E-state index contributed by atoms with van der Waals surface area (Å²) in [4.78, 5) is 12.8. The number of aryl methyl sites for hydroxylation is 1. The number of ether oxygens (including phenoxy) is 1. The molecule has 0 saturated carbocycles. The molecule has 0 fully saturated rings. The molecule has 0 N–H and O–H groups in total. The van der Waals surface area contributed by atoms with Gasteiger partial charge >= 0.3 is 0 Å². The summed E-state index contributed by atoms with van der Waals surface area (Å²) in [5.74, 6) is 0.824. The Morgan fingerprint density at radius 2 is 1.77 bits per heavy atom. The normalized spacial score (nSPS) is 10.8. The van der Waals surface area contributed by atoms with E-state index in [4.69, 9.17) is 4.74 Å². The fourth-order valence-electron chi connectivity index (χ4n) is 2.73. The molecular formula is C19H19NO2. The van der Waals surface area contributed by atoms with Crippen LogP contribution in [0.5, 0.6) is 5.75 Å². The van der Waals surface area contributed by atoms with E-state index in [1.165, 1.54) is 0 Å². The van der Waals surface area contributed by atoms with Crippen molar-refractivity contribution in [2.75, 3.05) is 7.11 Å². The van der Waals surface area contributed by atoms with Crippen molar-refractivity contribution in [3.05, 3.63) is 76.2 Å². The van der Waals surface area contributed by atoms with E-state index in [2.05, 4.69) is 13.0 Å². The molecule has 3 heteroatoms. The smallest absolute Gasteiger partial charge is 0.258 e. The van der Waals surface area contributed by atoms with Gasteiger partial charge in [-0.25, -0.2) is 0 Å². The van der Waals surface area contributed by atoms with Gasteiger partial charge in [-0.1, -0.05) is 37.3 Å². The van der Waals surface area contributed by atoms with Gasteiger partial charge in [-0.2, -0.15) is 0 Å². The summed E-state index contributed by atoms with van der Waals surface area (Å²) in [6, 6.07) is 17.7. The maximum Gasteiger partial charge on any atom is 0.258 e. The molecular weight excluding hydrogens is 274 g/mol. The Hall–Kier alpha value is -2.55. The van der Waals surface area contributed by atoms with Gasteiger partial charge in [0.25, 0.3) is 5.56 Å². The highest BCUT2D eigenvalue weighted by atomic mass is 16.5. The number of methoxy groups -OCH3 is 1. The van der Waals surface area contributed by atoms with E-state index in [1.54, 1.807) is 7.11 Å². The molecule has 0 aliphatic rings. The Bertz CT molecular complexity index is 847. The van der Waals surface area contributed by atoms with E-state index in [-0.39, 0.29) is 5.56 Å². The summed E-state index contributed by atoms with van der Waals surface area (Å²) in [5, 5.41) is 1.78. The summed E-state index contributed by atoms with van der Waals surface area (Å²) < 4.78 is 7.04. The largest absolute Gasteiger partial charge is 0.497 e.